The van der Waals surface area contributed by atoms with E-state index >= 15 is 0 Å². The first-order valence-electron chi connectivity index (χ1n) is 2.78. The number of rotatable bonds is 1. The molecule has 0 unspecified atom stereocenters. The predicted octanol–water partition coefficient (Wildman–Crippen LogP) is 2.26. The van der Waals surface area contributed by atoms with Gasteiger partial charge in [-0.25, -0.2) is 0 Å². The molecule has 1 aromatic carbocycles. The van der Waals surface area contributed by atoms with Crippen molar-refractivity contribution in [1.82, 2.24) is 0 Å². The maximum absolute atomic E-state index is 2.08. The Bertz CT molecular complexity index is 146. The predicted molar refractivity (Wildman–Crippen MR) is 35.5 cm³/mol. The van der Waals surface area contributed by atoms with Crippen LogP contribution in [0.4, 0.5) is 0 Å². The Kier molecular flexibility index (Phi) is 4.29. The van der Waals surface area contributed by atoms with Crippen LogP contribution < -0.4 is 0 Å². The van der Waals surface area contributed by atoms with E-state index in [4.69, 9.17) is 0 Å². The van der Waals surface area contributed by atoms with Gasteiger partial charge >= 0.3 is 17.1 Å². The summed E-state index contributed by atoms with van der Waals surface area (Å²) in [4.78, 5) is 0. The van der Waals surface area contributed by atoms with Gasteiger partial charge in [0.1, 0.15) is 0 Å². The quantitative estimate of drug-likeness (QED) is 0.446. The van der Waals surface area contributed by atoms with Crippen LogP contribution in [-0.4, -0.2) is 0 Å². The molecule has 0 N–H and O–H groups in total. The molecule has 0 aliphatic carbocycles. The smallest absolute Gasteiger partial charge is 0.192 e. The van der Waals surface area contributed by atoms with E-state index in [1.54, 1.807) is 0 Å². The molecule has 1 aromatic rings. The molecule has 0 nitrogen and oxygen atoms in total. The fraction of sp³-hybridized carbons (Fsp3) is 0.125. The van der Waals surface area contributed by atoms with Crippen molar-refractivity contribution in [3.63, 3.8) is 0 Å². The van der Waals surface area contributed by atoms with Crippen molar-refractivity contribution in [2.45, 2.75) is 6.92 Å². The molecule has 52 valence electrons. The average Bonchev–Trinajstić information content (AvgIpc) is 1.90. The van der Waals surface area contributed by atoms with Crippen molar-refractivity contribution in [1.29, 1.82) is 0 Å². The molecule has 0 bridgehead atoms. The summed E-state index contributed by atoms with van der Waals surface area (Å²) in [5.41, 5.74) is 1.28. The zero-order chi connectivity index (χ0) is 5.82. The van der Waals surface area contributed by atoms with E-state index in [1.165, 1.54) is 5.56 Å². The van der Waals surface area contributed by atoms with Gasteiger partial charge in [-0.3, -0.25) is 0 Å². The van der Waals surface area contributed by atoms with Gasteiger partial charge < -0.3 is 0 Å². The van der Waals surface area contributed by atoms with Gasteiger partial charge in [-0.15, -0.1) is 12.1 Å². The summed E-state index contributed by atoms with van der Waals surface area (Å²) in [5, 5.41) is 0. The molecular formula is C8H9Cu. The molecule has 0 saturated heterocycles. The van der Waals surface area contributed by atoms with E-state index in [0.29, 0.717) is 0 Å². The monoisotopic (exact) mass is 168 g/mol. The van der Waals surface area contributed by atoms with Gasteiger partial charge in [0.15, 0.2) is 0 Å². The fourth-order valence-electron chi connectivity index (χ4n) is 0.645. The summed E-state index contributed by atoms with van der Waals surface area (Å²) < 4.78 is 0. The van der Waals surface area contributed by atoms with Gasteiger partial charge in [-0.2, -0.15) is 24.1 Å². The van der Waals surface area contributed by atoms with E-state index < -0.39 is 0 Å². The molecule has 0 saturated carbocycles. The van der Waals surface area contributed by atoms with Crippen molar-refractivity contribution >= 4 is 0 Å². The van der Waals surface area contributed by atoms with Crippen LogP contribution in [0.1, 0.15) is 12.5 Å². The van der Waals surface area contributed by atoms with Crippen molar-refractivity contribution < 1.29 is 17.1 Å². The van der Waals surface area contributed by atoms with Crippen LogP contribution in [-0.2, 0) is 17.1 Å². The molecule has 0 spiro atoms. The number of benzene rings is 1. The SMILES string of the molecule is C[CH-]c1ccccc1.[Cu+]. The van der Waals surface area contributed by atoms with Crippen molar-refractivity contribution in [2.75, 3.05) is 0 Å². The van der Waals surface area contributed by atoms with Crippen LogP contribution in [0.25, 0.3) is 0 Å². The summed E-state index contributed by atoms with van der Waals surface area (Å²) in [6, 6.07) is 10.3. The van der Waals surface area contributed by atoms with Crippen molar-refractivity contribution in [3.8, 4) is 0 Å². The Balaban J connectivity index is 0.000000640. The van der Waals surface area contributed by atoms with Gasteiger partial charge in [0.05, 0.1) is 0 Å². The fourth-order valence-corrected chi connectivity index (χ4v) is 0.645. The normalized spacial score (nSPS) is 7.67. The summed E-state index contributed by atoms with van der Waals surface area (Å²) in [6.45, 7) is 2.04. The van der Waals surface area contributed by atoms with E-state index in [0.717, 1.165) is 0 Å². The first-order chi connectivity index (χ1) is 3.93. The van der Waals surface area contributed by atoms with Crippen LogP contribution in [0.3, 0.4) is 0 Å². The molecule has 1 rings (SSSR count). The molecular weight excluding hydrogens is 160 g/mol. The Labute approximate surface area is 66.8 Å². The second-order valence-electron chi connectivity index (χ2n) is 1.70. The Hall–Kier alpha value is -0.391. The third kappa shape index (κ3) is 2.59. The Morgan fingerprint density at radius 3 is 2.00 bits per heavy atom. The second kappa shape index (κ2) is 4.48. The topological polar surface area (TPSA) is 0 Å². The maximum Gasteiger partial charge on any atom is 1.00 e. The molecule has 1 heteroatoms. The van der Waals surface area contributed by atoms with Crippen LogP contribution in [0, 0.1) is 6.42 Å². The van der Waals surface area contributed by atoms with Crippen LogP contribution in [0.2, 0.25) is 0 Å². The molecule has 0 fully saturated rings. The molecule has 9 heavy (non-hydrogen) atoms. The van der Waals surface area contributed by atoms with E-state index in [-0.39, 0.29) is 17.1 Å². The molecule has 0 heterocycles. The summed E-state index contributed by atoms with van der Waals surface area (Å²) in [6.07, 6.45) is 2.08. The van der Waals surface area contributed by atoms with Crippen LogP contribution in [0.5, 0.6) is 0 Å². The minimum Gasteiger partial charge on any atom is -0.192 e. The maximum atomic E-state index is 2.08. The minimum absolute atomic E-state index is 0. The largest absolute Gasteiger partial charge is 1.00 e. The molecule has 0 aromatic heterocycles. The van der Waals surface area contributed by atoms with Crippen molar-refractivity contribution in [2.24, 2.45) is 0 Å². The summed E-state index contributed by atoms with van der Waals surface area (Å²) in [5.74, 6) is 0. The van der Waals surface area contributed by atoms with Crippen molar-refractivity contribution in [3.05, 3.63) is 42.3 Å². The standard InChI is InChI=1S/C8H9.Cu/c1-2-8-6-4-3-5-7-8;/h2-7H,1H3;/q-1;+1. The van der Waals surface area contributed by atoms with Crippen LogP contribution >= 0.6 is 0 Å². The third-order valence-electron chi connectivity index (χ3n) is 1.13. The Morgan fingerprint density at radius 1 is 1.11 bits per heavy atom. The minimum atomic E-state index is 0. The Morgan fingerprint density at radius 2 is 1.67 bits per heavy atom. The molecule has 0 aliphatic rings. The first kappa shape index (κ1) is 8.61. The average molecular weight is 169 g/mol. The van der Waals surface area contributed by atoms with E-state index in [9.17, 15) is 0 Å². The van der Waals surface area contributed by atoms with Gasteiger partial charge in [0.25, 0.3) is 0 Å². The molecule has 0 radical (unpaired) electrons. The molecule has 0 aliphatic heterocycles. The van der Waals surface area contributed by atoms with Gasteiger partial charge in [-0.05, 0) is 0 Å². The zero-order valence-corrected chi connectivity index (χ0v) is 6.21. The van der Waals surface area contributed by atoms with Gasteiger partial charge in [0, 0.05) is 0 Å². The van der Waals surface area contributed by atoms with Gasteiger partial charge in [0.2, 0.25) is 0 Å². The van der Waals surface area contributed by atoms with Gasteiger partial charge in [-0.1, -0.05) is 13.0 Å². The molecule has 0 amide bonds. The number of hydrogen-bond donors (Lipinski definition) is 0. The first-order valence-corrected chi connectivity index (χ1v) is 2.78. The van der Waals surface area contributed by atoms with Crippen LogP contribution in [0.15, 0.2) is 30.3 Å². The van der Waals surface area contributed by atoms with E-state index in [2.05, 4.69) is 18.6 Å². The molecule has 0 atom stereocenters. The van der Waals surface area contributed by atoms with E-state index in [1.807, 2.05) is 25.1 Å². The summed E-state index contributed by atoms with van der Waals surface area (Å²) in [7, 11) is 0. The second-order valence-corrected chi connectivity index (χ2v) is 1.70. The summed E-state index contributed by atoms with van der Waals surface area (Å²) >= 11 is 0. The number of hydrogen-bond acceptors (Lipinski definition) is 0. The zero-order valence-electron chi connectivity index (χ0n) is 5.27. The third-order valence-corrected chi connectivity index (χ3v) is 1.13.